The van der Waals surface area contributed by atoms with Gasteiger partial charge in [-0.1, -0.05) is 6.07 Å². The number of fused-ring (bicyclic) bond motifs is 1. The maximum Gasteiger partial charge on any atom is 0.320 e. The van der Waals surface area contributed by atoms with Gasteiger partial charge in [0.1, 0.15) is 5.92 Å². The summed E-state index contributed by atoms with van der Waals surface area (Å²) in [6.45, 7) is 0. The highest BCUT2D eigenvalue weighted by Crippen LogP contribution is 2.29. The molecule has 0 amide bonds. The molecule has 72 valence electrons. The number of Topliss-reactive ketones (excluding diaryl/α,β-unsaturated/α-hetero) is 1. The number of hydrogen-bond acceptors (Lipinski definition) is 4. The highest BCUT2D eigenvalue weighted by Gasteiger charge is 2.37. The Morgan fingerprint density at radius 1 is 1.64 bits per heavy atom. The van der Waals surface area contributed by atoms with Crippen molar-refractivity contribution in [3.8, 4) is 0 Å². The Morgan fingerprint density at radius 3 is 3.14 bits per heavy atom. The first-order valence-corrected chi connectivity index (χ1v) is 4.28. The van der Waals surface area contributed by atoms with E-state index in [1.54, 1.807) is 18.3 Å². The molecule has 0 N–H and O–H groups in total. The first-order chi connectivity index (χ1) is 6.74. The van der Waals surface area contributed by atoms with Crippen LogP contribution in [0.2, 0.25) is 0 Å². The smallest absolute Gasteiger partial charge is 0.320 e. The number of ketones is 1. The summed E-state index contributed by atoms with van der Waals surface area (Å²) in [7, 11) is 1.28. The second kappa shape index (κ2) is 3.21. The molecular formula is C10H9NO3. The zero-order chi connectivity index (χ0) is 10.1. The fourth-order valence-electron chi connectivity index (χ4n) is 1.68. The minimum Gasteiger partial charge on any atom is -0.468 e. The molecule has 0 fully saturated rings. The molecule has 0 aliphatic heterocycles. The summed E-state index contributed by atoms with van der Waals surface area (Å²) in [4.78, 5) is 26.9. The highest BCUT2D eigenvalue weighted by atomic mass is 16.5. The lowest BCUT2D eigenvalue weighted by Gasteiger charge is -2.06. The fraction of sp³-hybridized carbons (Fsp3) is 0.300. The van der Waals surface area contributed by atoms with Crippen molar-refractivity contribution in [2.24, 2.45) is 0 Å². The average Bonchev–Trinajstić information content (AvgIpc) is 2.53. The van der Waals surface area contributed by atoms with Crippen LogP contribution in [-0.4, -0.2) is 23.8 Å². The number of esters is 1. The number of carbonyl (C=O) groups excluding carboxylic acids is 2. The van der Waals surface area contributed by atoms with Gasteiger partial charge >= 0.3 is 5.97 Å². The van der Waals surface area contributed by atoms with Crippen LogP contribution < -0.4 is 0 Å². The maximum absolute atomic E-state index is 11.5. The Labute approximate surface area is 80.9 Å². The molecule has 1 unspecified atom stereocenters. The zero-order valence-electron chi connectivity index (χ0n) is 7.69. The maximum atomic E-state index is 11.5. The third-order valence-corrected chi connectivity index (χ3v) is 2.34. The Kier molecular flexibility index (Phi) is 2.04. The number of methoxy groups -OCH3 is 1. The van der Waals surface area contributed by atoms with E-state index in [-0.39, 0.29) is 12.2 Å². The first kappa shape index (κ1) is 8.87. The van der Waals surface area contributed by atoms with Crippen molar-refractivity contribution in [2.75, 3.05) is 7.11 Å². The van der Waals surface area contributed by atoms with E-state index in [1.165, 1.54) is 7.11 Å². The second-order valence-corrected chi connectivity index (χ2v) is 3.14. The van der Waals surface area contributed by atoms with Gasteiger partial charge < -0.3 is 4.74 Å². The molecular weight excluding hydrogens is 182 g/mol. The lowest BCUT2D eigenvalue weighted by molar-refractivity contribution is -0.145. The van der Waals surface area contributed by atoms with Crippen molar-refractivity contribution in [2.45, 2.75) is 12.3 Å². The topological polar surface area (TPSA) is 56.3 Å². The van der Waals surface area contributed by atoms with E-state index < -0.39 is 11.9 Å². The van der Waals surface area contributed by atoms with Gasteiger partial charge in [-0.2, -0.15) is 0 Å². The summed E-state index contributed by atoms with van der Waals surface area (Å²) in [6.07, 6.45) is 1.85. The molecule has 0 saturated carbocycles. The van der Waals surface area contributed by atoms with Crippen LogP contribution in [0.4, 0.5) is 0 Å². The third kappa shape index (κ3) is 1.19. The van der Waals surface area contributed by atoms with Gasteiger partial charge in [-0.3, -0.25) is 14.6 Å². The van der Waals surface area contributed by atoms with Gasteiger partial charge in [-0.25, -0.2) is 0 Å². The molecule has 1 aromatic rings. The molecule has 1 aliphatic carbocycles. The number of ether oxygens (including phenoxy) is 1. The van der Waals surface area contributed by atoms with E-state index in [0.717, 1.165) is 0 Å². The van der Waals surface area contributed by atoms with E-state index in [9.17, 15) is 9.59 Å². The molecule has 14 heavy (non-hydrogen) atoms. The van der Waals surface area contributed by atoms with Crippen molar-refractivity contribution >= 4 is 11.8 Å². The van der Waals surface area contributed by atoms with Gasteiger partial charge in [-0.05, 0) is 11.6 Å². The molecule has 4 heteroatoms. The first-order valence-electron chi connectivity index (χ1n) is 4.28. The Hall–Kier alpha value is -1.71. The molecule has 1 aromatic heterocycles. The molecule has 0 spiro atoms. The van der Waals surface area contributed by atoms with E-state index in [4.69, 9.17) is 0 Å². The summed E-state index contributed by atoms with van der Waals surface area (Å²) in [5, 5.41) is 0. The minimum atomic E-state index is -0.760. The second-order valence-electron chi connectivity index (χ2n) is 3.14. The van der Waals surface area contributed by atoms with Gasteiger partial charge in [0.05, 0.1) is 19.2 Å². The van der Waals surface area contributed by atoms with E-state index >= 15 is 0 Å². The SMILES string of the molecule is COC(=O)C1C(=O)Cc2ncccc21. The van der Waals surface area contributed by atoms with Crippen molar-refractivity contribution in [3.05, 3.63) is 29.6 Å². The van der Waals surface area contributed by atoms with Crippen LogP contribution in [0, 0.1) is 0 Å². The van der Waals surface area contributed by atoms with Crippen LogP contribution in [-0.2, 0) is 20.7 Å². The fourth-order valence-corrected chi connectivity index (χ4v) is 1.68. The number of carbonyl (C=O) groups is 2. The standard InChI is InChI=1S/C10H9NO3/c1-14-10(13)9-6-3-2-4-11-7(6)5-8(9)12/h2-4,9H,5H2,1H3. The van der Waals surface area contributed by atoms with Crippen molar-refractivity contribution in [3.63, 3.8) is 0 Å². The number of rotatable bonds is 1. The number of hydrogen-bond donors (Lipinski definition) is 0. The summed E-state index contributed by atoms with van der Waals surface area (Å²) >= 11 is 0. The highest BCUT2D eigenvalue weighted by molar-refractivity contribution is 6.08. The van der Waals surface area contributed by atoms with Crippen LogP contribution in [0.1, 0.15) is 17.2 Å². The summed E-state index contributed by atoms with van der Waals surface area (Å²) in [6, 6.07) is 3.46. The van der Waals surface area contributed by atoms with Crippen LogP contribution in [0.3, 0.4) is 0 Å². The molecule has 0 bridgehead atoms. The van der Waals surface area contributed by atoms with Gasteiger partial charge in [0, 0.05) is 6.20 Å². The van der Waals surface area contributed by atoms with Gasteiger partial charge in [0.2, 0.25) is 0 Å². The summed E-state index contributed by atoms with van der Waals surface area (Å²) in [5.41, 5.74) is 1.37. The largest absolute Gasteiger partial charge is 0.468 e. The Morgan fingerprint density at radius 2 is 2.43 bits per heavy atom. The lowest BCUT2D eigenvalue weighted by Crippen LogP contribution is -2.18. The van der Waals surface area contributed by atoms with Crippen LogP contribution >= 0.6 is 0 Å². The molecule has 1 aliphatic rings. The molecule has 4 nitrogen and oxygen atoms in total. The van der Waals surface area contributed by atoms with Crippen molar-refractivity contribution in [1.82, 2.24) is 4.98 Å². The van der Waals surface area contributed by atoms with E-state index in [1.807, 2.05) is 0 Å². The number of nitrogens with zero attached hydrogens (tertiary/aromatic N) is 1. The quantitative estimate of drug-likeness (QED) is 0.478. The van der Waals surface area contributed by atoms with Crippen molar-refractivity contribution < 1.29 is 14.3 Å². The summed E-state index contributed by atoms with van der Waals surface area (Å²) < 4.78 is 4.57. The van der Waals surface area contributed by atoms with E-state index in [0.29, 0.717) is 11.3 Å². The predicted octanol–water partition coefficient (Wildman–Crippen LogP) is 0.463. The molecule has 1 atom stereocenters. The number of pyridine rings is 1. The van der Waals surface area contributed by atoms with Gasteiger partial charge in [0.15, 0.2) is 5.78 Å². The molecule has 2 rings (SSSR count). The normalized spacial score (nSPS) is 19.2. The lowest BCUT2D eigenvalue weighted by atomic mass is 10.0. The Balaban J connectivity index is 2.44. The molecule has 0 radical (unpaired) electrons. The summed E-state index contributed by atoms with van der Waals surface area (Å²) in [5.74, 6) is -1.39. The Bertz CT molecular complexity index is 392. The van der Waals surface area contributed by atoms with Gasteiger partial charge in [-0.15, -0.1) is 0 Å². The van der Waals surface area contributed by atoms with Crippen LogP contribution in [0.25, 0.3) is 0 Å². The predicted molar refractivity (Wildman–Crippen MR) is 47.7 cm³/mol. The molecule has 1 heterocycles. The van der Waals surface area contributed by atoms with Crippen LogP contribution in [0.15, 0.2) is 18.3 Å². The van der Waals surface area contributed by atoms with Crippen molar-refractivity contribution in [1.29, 1.82) is 0 Å². The molecule has 0 saturated heterocycles. The number of aromatic nitrogens is 1. The zero-order valence-corrected chi connectivity index (χ0v) is 7.69. The van der Waals surface area contributed by atoms with E-state index in [2.05, 4.69) is 9.72 Å². The average molecular weight is 191 g/mol. The minimum absolute atomic E-state index is 0.134. The molecule has 0 aromatic carbocycles. The monoisotopic (exact) mass is 191 g/mol. The van der Waals surface area contributed by atoms with Crippen LogP contribution in [0.5, 0.6) is 0 Å². The van der Waals surface area contributed by atoms with Gasteiger partial charge in [0.25, 0.3) is 0 Å². The third-order valence-electron chi connectivity index (χ3n) is 2.34.